The SMILES string of the molecule is CCCCCCCc1ccc(-c2ccc(-c3ccc(OCCCC(F)(F)F)cc3)cc2)nc1. The van der Waals surface area contributed by atoms with Crippen molar-refractivity contribution in [3.05, 3.63) is 72.4 Å². The van der Waals surface area contributed by atoms with E-state index in [-0.39, 0.29) is 13.0 Å². The second-order valence-electron chi connectivity index (χ2n) is 8.38. The van der Waals surface area contributed by atoms with E-state index in [1.807, 2.05) is 18.3 Å². The van der Waals surface area contributed by atoms with Crippen molar-refractivity contribution in [3.63, 3.8) is 0 Å². The first kappa shape index (κ1) is 24.8. The van der Waals surface area contributed by atoms with Crippen molar-refractivity contribution in [2.45, 2.75) is 64.5 Å². The van der Waals surface area contributed by atoms with Crippen molar-refractivity contribution in [3.8, 4) is 28.1 Å². The molecule has 0 spiro atoms. The summed E-state index contributed by atoms with van der Waals surface area (Å²) < 4.78 is 42.0. The molecule has 0 fully saturated rings. The molecule has 0 N–H and O–H groups in total. The Balaban J connectivity index is 1.51. The normalized spacial score (nSPS) is 11.5. The highest BCUT2D eigenvalue weighted by Gasteiger charge is 2.26. The van der Waals surface area contributed by atoms with Crippen molar-refractivity contribution < 1.29 is 17.9 Å². The largest absolute Gasteiger partial charge is 0.494 e. The Morgan fingerprint density at radius 1 is 0.727 bits per heavy atom. The average Bonchev–Trinajstić information content (AvgIpc) is 2.82. The lowest BCUT2D eigenvalue weighted by Gasteiger charge is -2.09. The highest BCUT2D eigenvalue weighted by molar-refractivity contribution is 5.69. The van der Waals surface area contributed by atoms with Gasteiger partial charge >= 0.3 is 6.18 Å². The molecule has 1 heterocycles. The molecular weight excluding hydrogens is 423 g/mol. The van der Waals surface area contributed by atoms with Crippen LogP contribution in [0.2, 0.25) is 0 Å². The number of hydrogen-bond acceptors (Lipinski definition) is 2. The number of rotatable bonds is 12. The van der Waals surface area contributed by atoms with Gasteiger partial charge in [-0.05, 0) is 54.2 Å². The van der Waals surface area contributed by atoms with E-state index < -0.39 is 12.6 Å². The van der Waals surface area contributed by atoms with Crippen LogP contribution in [0, 0.1) is 0 Å². The Morgan fingerprint density at radius 3 is 1.97 bits per heavy atom. The van der Waals surface area contributed by atoms with Crippen LogP contribution in [0.1, 0.15) is 57.4 Å². The number of unbranched alkanes of at least 4 members (excludes halogenated alkanes) is 4. The molecule has 0 atom stereocenters. The predicted molar refractivity (Wildman–Crippen MR) is 128 cm³/mol. The Bertz CT molecular complexity index is 948. The maximum atomic E-state index is 12.2. The summed E-state index contributed by atoms with van der Waals surface area (Å²) in [5, 5.41) is 0. The number of pyridine rings is 1. The van der Waals surface area contributed by atoms with Crippen LogP contribution in [0.3, 0.4) is 0 Å². The zero-order valence-electron chi connectivity index (χ0n) is 19.2. The third-order valence-corrected chi connectivity index (χ3v) is 5.64. The molecule has 0 saturated heterocycles. The fraction of sp³-hybridized carbons (Fsp3) is 0.393. The highest BCUT2D eigenvalue weighted by atomic mass is 19.4. The van der Waals surface area contributed by atoms with Crippen molar-refractivity contribution in [2.75, 3.05) is 6.61 Å². The second-order valence-corrected chi connectivity index (χ2v) is 8.38. The Morgan fingerprint density at radius 2 is 1.36 bits per heavy atom. The summed E-state index contributed by atoms with van der Waals surface area (Å²) in [4.78, 5) is 4.64. The Kier molecular flexibility index (Phi) is 9.35. The number of aryl methyl sites for hydroxylation is 1. The topological polar surface area (TPSA) is 22.1 Å². The molecule has 0 amide bonds. The van der Waals surface area contributed by atoms with Gasteiger partial charge in [0.15, 0.2) is 0 Å². The van der Waals surface area contributed by atoms with Crippen molar-refractivity contribution in [1.82, 2.24) is 4.98 Å². The molecule has 0 aliphatic carbocycles. The number of halogens is 3. The molecule has 0 aliphatic heterocycles. The standard InChI is InChI=1S/C28H32F3NO/c1-2-3-4-5-6-8-22-9-18-27(32-21-22)25-12-10-23(11-13-25)24-14-16-26(17-15-24)33-20-7-19-28(29,30)31/h9-18,21H,2-8,19-20H2,1H3. The van der Waals surface area contributed by atoms with E-state index in [2.05, 4.69) is 48.3 Å². The van der Waals surface area contributed by atoms with Crippen LogP contribution < -0.4 is 4.74 Å². The van der Waals surface area contributed by atoms with Gasteiger partial charge in [0.2, 0.25) is 0 Å². The fourth-order valence-corrected chi connectivity index (χ4v) is 3.72. The lowest BCUT2D eigenvalue weighted by molar-refractivity contribution is -0.136. The molecule has 0 aliphatic rings. The average molecular weight is 456 g/mol. The Hall–Kier alpha value is -2.82. The van der Waals surface area contributed by atoms with E-state index >= 15 is 0 Å². The van der Waals surface area contributed by atoms with Crippen LogP contribution in [0.15, 0.2) is 66.9 Å². The van der Waals surface area contributed by atoms with Crippen LogP contribution in [0.5, 0.6) is 5.75 Å². The van der Waals surface area contributed by atoms with Gasteiger partial charge in [0, 0.05) is 18.2 Å². The van der Waals surface area contributed by atoms with Crippen LogP contribution >= 0.6 is 0 Å². The summed E-state index contributed by atoms with van der Waals surface area (Å²) in [5.74, 6) is 0.576. The molecule has 1 aromatic heterocycles. The Labute approximate surface area is 194 Å². The van der Waals surface area contributed by atoms with Crippen molar-refractivity contribution >= 4 is 0 Å². The van der Waals surface area contributed by atoms with Crippen LogP contribution in [-0.2, 0) is 6.42 Å². The third kappa shape index (κ3) is 8.56. The molecule has 3 aromatic rings. The zero-order chi connectivity index (χ0) is 23.5. The van der Waals surface area contributed by atoms with E-state index in [9.17, 15) is 13.2 Å². The van der Waals surface area contributed by atoms with E-state index in [1.54, 1.807) is 12.1 Å². The van der Waals surface area contributed by atoms with Gasteiger partial charge < -0.3 is 4.74 Å². The van der Waals surface area contributed by atoms with Gasteiger partial charge in [-0.2, -0.15) is 13.2 Å². The molecule has 2 aromatic carbocycles. The summed E-state index contributed by atoms with van der Waals surface area (Å²) in [7, 11) is 0. The van der Waals surface area contributed by atoms with E-state index in [4.69, 9.17) is 4.74 Å². The third-order valence-electron chi connectivity index (χ3n) is 5.64. The first-order valence-corrected chi connectivity index (χ1v) is 11.8. The minimum absolute atomic E-state index is 0.0410. The number of benzene rings is 2. The smallest absolute Gasteiger partial charge is 0.389 e. The van der Waals surface area contributed by atoms with Gasteiger partial charge in [-0.15, -0.1) is 0 Å². The lowest BCUT2D eigenvalue weighted by atomic mass is 10.0. The first-order valence-electron chi connectivity index (χ1n) is 11.8. The quantitative estimate of drug-likeness (QED) is 0.255. The molecule has 0 bridgehead atoms. The van der Waals surface area contributed by atoms with E-state index in [0.29, 0.717) is 5.75 Å². The second kappa shape index (κ2) is 12.4. The maximum Gasteiger partial charge on any atom is 0.389 e. The minimum atomic E-state index is -4.13. The van der Waals surface area contributed by atoms with E-state index in [0.717, 1.165) is 28.8 Å². The number of nitrogens with zero attached hydrogens (tertiary/aromatic N) is 1. The molecule has 5 heteroatoms. The molecule has 3 rings (SSSR count). The van der Waals surface area contributed by atoms with Gasteiger partial charge in [0.05, 0.1) is 12.3 Å². The number of aromatic nitrogens is 1. The molecule has 176 valence electrons. The molecular formula is C28H32F3NO. The van der Waals surface area contributed by atoms with Crippen LogP contribution in [0.25, 0.3) is 22.4 Å². The molecule has 2 nitrogen and oxygen atoms in total. The summed E-state index contributed by atoms with van der Waals surface area (Å²) in [6, 6.07) is 19.9. The summed E-state index contributed by atoms with van der Waals surface area (Å²) >= 11 is 0. The molecule has 0 unspecified atom stereocenters. The minimum Gasteiger partial charge on any atom is -0.494 e. The van der Waals surface area contributed by atoms with Gasteiger partial charge in [-0.1, -0.05) is 75.1 Å². The van der Waals surface area contributed by atoms with Crippen LogP contribution in [-0.4, -0.2) is 17.8 Å². The molecule has 33 heavy (non-hydrogen) atoms. The monoisotopic (exact) mass is 455 g/mol. The van der Waals surface area contributed by atoms with E-state index in [1.165, 1.54) is 37.7 Å². The van der Waals surface area contributed by atoms with Crippen LogP contribution in [0.4, 0.5) is 13.2 Å². The summed E-state index contributed by atoms with van der Waals surface area (Å²) in [6.45, 7) is 2.29. The predicted octanol–water partition coefficient (Wildman–Crippen LogP) is 8.65. The van der Waals surface area contributed by atoms with Crippen molar-refractivity contribution in [1.29, 1.82) is 0 Å². The van der Waals surface area contributed by atoms with Gasteiger partial charge in [0.25, 0.3) is 0 Å². The zero-order valence-corrected chi connectivity index (χ0v) is 19.2. The van der Waals surface area contributed by atoms with Gasteiger partial charge in [-0.25, -0.2) is 0 Å². The molecule has 0 saturated carbocycles. The van der Waals surface area contributed by atoms with Gasteiger partial charge in [0.1, 0.15) is 5.75 Å². The number of hydrogen-bond donors (Lipinski definition) is 0. The first-order chi connectivity index (χ1) is 15.9. The van der Waals surface area contributed by atoms with Crippen molar-refractivity contribution in [2.24, 2.45) is 0 Å². The summed E-state index contributed by atoms with van der Waals surface area (Å²) in [5.41, 5.74) is 5.39. The number of alkyl halides is 3. The maximum absolute atomic E-state index is 12.2. The molecule has 0 radical (unpaired) electrons. The van der Waals surface area contributed by atoms with Gasteiger partial charge in [-0.3, -0.25) is 4.98 Å². The summed E-state index contributed by atoms with van der Waals surface area (Å²) in [6.07, 6.45) is 4.45. The highest BCUT2D eigenvalue weighted by Crippen LogP contribution is 2.26. The lowest BCUT2D eigenvalue weighted by Crippen LogP contribution is -2.09. The fourth-order valence-electron chi connectivity index (χ4n) is 3.72. The number of ether oxygens (including phenoxy) is 1.